The van der Waals surface area contributed by atoms with Gasteiger partial charge in [-0.1, -0.05) is 17.7 Å². The first kappa shape index (κ1) is 12.1. The maximum atomic E-state index is 13.6. The van der Waals surface area contributed by atoms with Crippen LogP contribution in [0.15, 0.2) is 30.3 Å². The second kappa shape index (κ2) is 4.63. The highest BCUT2D eigenvalue weighted by Crippen LogP contribution is 2.36. The summed E-state index contributed by atoms with van der Waals surface area (Å²) in [4.78, 5) is 0. The molecule has 5 heteroatoms. The maximum Gasteiger partial charge on any atom is 0.161 e. The minimum atomic E-state index is -0.530. The molecule has 0 unspecified atom stereocenters. The third-order valence-electron chi connectivity index (χ3n) is 2.95. The molecule has 0 radical (unpaired) electrons. The highest BCUT2D eigenvalue weighted by atomic mass is 35.5. The highest BCUT2D eigenvalue weighted by molar-refractivity contribution is 6.33. The Bertz CT molecular complexity index is 622. The summed E-state index contributed by atoms with van der Waals surface area (Å²) in [6, 6.07) is 8.41. The highest BCUT2D eigenvalue weighted by Gasteiger charge is 2.14. The Morgan fingerprint density at radius 2 is 1.74 bits per heavy atom. The molecule has 0 amide bonds. The van der Waals surface area contributed by atoms with Gasteiger partial charge < -0.3 is 15.2 Å². The standard InChI is InChI=1S/C14H11ClFNO2/c15-10-5-9(6-11(16)14(10)17)8-1-2-12-13(7-8)19-4-3-18-12/h1-2,5-7H,3-4,17H2. The zero-order valence-corrected chi connectivity index (χ0v) is 10.7. The van der Waals surface area contributed by atoms with Crippen molar-refractivity contribution in [3.05, 3.63) is 41.2 Å². The fraction of sp³-hybridized carbons (Fsp3) is 0.143. The molecular weight excluding hydrogens is 269 g/mol. The van der Waals surface area contributed by atoms with E-state index in [1.54, 1.807) is 18.2 Å². The largest absolute Gasteiger partial charge is 0.486 e. The van der Waals surface area contributed by atoms with Crippen LogP contribution >= 0.6 is 11.6 Å². The number of fused-ring (bicyclic) bond motifs is 1. The quantitative estimate of drug-likeness (QED) is 0.813. The number of ether oxygens (including phenoxy) is 2. The average Bonchev–Trinajstić information content (AvgIpc) is 2.43. The Labute approximate surface area is 114 Å². The van der Waals surface area contributed by atoms with Crippen LogP contribution in [0.4, 0.5) is 10.1 Å². The summed E-state index contributed by atoms with van der Waals surface area (Å²) >= 11 is 5.89. The first-order chi connectivity index (χ1) is 9.15. The number of anilines is 1. The fourth-order valence-corrected chi connectivity index (χ4v) is 2.18. The second-order valence-electron chi connectivity index (χ2n) is 4.21. The van der Waals surface area contributed by atoms with Crippen LogP contribution in [0.1, 0.15) is 0 Å². The van der Waals surface area contributed by atoms with E-state index in [0.29, 0.717) is 30.3 Å². The molecule has 0 saturated carbocycles. The van der Waals surface area contributed by atoms with E-state index < -0.39 is 5.82 Å². The fourth-order valence-electron chi connectivity index (χ4n) is 1.97. The van der Waals surface area contributed by atoms with Gasteiger partial charge in [-0.15, -0.1) is 0 Å². The average molecular weight is 280 g/mol. The molecule has 0 fully saturated rings. The molecule has 0 bridgehead atoms. The van der Waals surface area contributed by atoms with Crippen LogP contribution in [0.25, 0.3) is 11.1 Å². The van der Waals surface area contributed by atoms with Crippen LogP contribution in [-0.4, -0.2) is 13.2 Å². The lowest BCUT2D eigenvalue weighted by Crippen LogP contribution is -2.15. The van der Waals surface area contributed by atoms with Crippen molar-refractivity contribution in [3.8, 4) is 22.6 Å². The first-order valence-electron chi connectivity index (χ1n) is 5.79. The summed E-state index contributed by atoms with van der Waals surface area (Å²) < 4.78 is 24.5. The van der Waals surface area contributed by atoms with E-state index in [4.69, 9.17) is 26.8 Å². The summed E-state index contributed by atoms with van der Waals surface area (Å²) in [5.74, 6) is 0.812. The zero-order valence-electron chi connectivity index (χ0n) is 9.95. The maximum absolute atomic E-state index is 13.6. The molecule has 0 saturated heterocycles. The molecule has 1 heterocycles. The van der Waals surface area contributed by atoms with Gasteiger partial charge in [0, 0.05) is 0 Å². The Morgan fingerprint density at radius 1 is 1.00 bits per heavy atom. The zero-order chi connectivity index (χ0) is 13.4. The van der Waals surface area contributed by atoms with Crippen molar-refractivity contribution in [1.82, 2.24) is 0 Å². The molecule has 0 spiro atoms. The molecule has 2 N–H and O–H groups in total. The van der Waals surface area contributed by atoms with E-state index >= 15 is 0 Å². The van der Waals surface area contributed by atoms with Gasteiger partial charge >= 0.3 is 0 Å². The number of hydrogen-bond acceptors (Lipinski definition) is 3. The second-order valence-corrected chi connectivity index (χ2v) is 4.62. The van der Waals surface area contributed by atoms with Crippen molar-refractivity contribution >= 4 is 17.3 Å². The van der Waals surface area contributed by atoms with Gasteiger partial charge in [0.2, 0.25) is 0 Å². The van der Waals surface area contributed by atoms with E-state index in [1.165, 1.54) is 6.07 Å². The number of rotatable bonds is 1. The molecule has 2 aromatic carbocycles. The van der Waals surface area contributed by atoms with Crippen molar-refractivity contribution in [2.75, 3.05) is 18.9 Å². The van der Waals surface area contributed by atoms with Gasteiger partial charge in [0.15, 0.2) is 11.5 Å². The normalized spacial score (nSPS) is 13.4. The van der Waals surface area contributed by atoms with Crippen molar-refractivity contribution in [3.63, 3.8) is 0 Å². The third kappa shape index (κ3) is 2.19. The molecule has 2 aromatic rings. The van der Waals surface area contributed by atoms with Crippen molar-refractivity contribution in [2.24, 2.45) is 0 Å². The Kier molecular flexibility index (Phi) is 2.95. The van der Waals surface area contributed by atoms with Gasteiger partial charge in [0.1, 0.15) is 19.0 Å². The van der Waals surface area contributed by atoms with Crippen LogP contribution in [0.3, 0.4) is 0 Å². The summed E-state index contributed by atoms with van der Waals surface area (Å²) in [5, 5.41) is 0.199. The van der Waals surface area contributed by atoms with Crippen LogP contribution in [-0.2, 0) is 0 Å². The van der Waals surface area contributed by atoms with Gasteiger partial charge in [-0.05, 0) is 35.4 Å². The molecule has 0 aliphatic carbocycles. The predicted molar refractivity (Wildman–Crippen MR) is 72.2 cm³/mol. The molecule has 19 heavy (non-hydrogen) atoms. The number of benzene rings is 2. The van der Waals surface area contributed by atoms with Crippen molar-refractivity contribution in [1.29, 1.82) is 0 Å². The van der Waals surface area contributed by atoms with Crippen LogP contribution < -0.4 is 15.2 Å². The van der Waals surface area contributed by atoms with E-state index in [0.717, 1.165) is 5.56 Å². The third-order valence-corrected chi connectivity index (χ3v) is 3.27. The van der Waals surface area contributed by atoms with Crippen LogP contribution in [0, 0.1) is 5.82 Å². The predicted octanol–water partition coefficient (Wildman–Crippen LogP) is 3.50. The Morgan fingerprint density at radius 3 is 2.47 bits per heavy atom. The molecule has 0 aromatic heterocycles. The molecule has 3 rings (SSSR count). The first-order valence-corrected chi connectivity index (χ1v) is 6.17. The van der Waals surface area contributed by atoms with Gasteiger partial charge in [-0.3, -0.25) is 0 Å². The summed E-state index contributed by atoms with van der Waals surface area (Å²) in [6.45, 7) is 1.04. The van der Waals surface area contributed by atoms with Crippen LogP contribution in [0.2, 0.25) is 5.02 Å². The number of nitrogens with two attached hydrogens (primary N) is 1. The van der Waals surface area contributed by atoms with Crippen LogP contribution in [0.5, 0.6) is 11.5 Å². The molecular formula is C14H11ClFNO2. The van der Waals surface area contributed by atoms with Crippen molar-refractivity contribution in [2.45, 2.75) is 0 Å². The van der Waals surface area contributed by atoms with Gasteiger partial charge in [0.25, 0.3) is 0 Å². The Balaban J connectivity index is 2.07. The molecule has 0 atom stereocenters. The minimum absolute atomic E-state index is 0.0389. The molecule has 1 aliphatic rings. The summed E-state index contributed by atoms with van der Waals surface area (Å²) in [6.07, 6.45) is 0. The smallest absolute Gasteiger partial charge is 0.161 e. The lowest BCUT2D eigenvalue weighted by molar-refractivity contribution is 0.171. The summed E-state index contributed by atoms with van der Waals surface area (Å²) in [5.41, 5.74) is 6.89. The van der Waals surface area contributed by atoms with E-state index in [2.05, 4.69) is 0 Å². The van der Waals surface area contributed by atoms with E-state index in [9.17, 15) is 4.39 Å². The lowest BCUT2D eigenvalue weighted by atomic mass is 10.0. The molecule has 1 aliphatic heterocycles. The lowest BCUT2D eigenvalue weighted by Gasteiger charge is -2.19. The number of nitrogen functional groups attached to an aromatic ring is 1. The monoisotopic (exact) mass is 279 g/mol. The SMILES string of the molecule is Nc1c(F)cc(-c2ccc3c(c2)OCCO3)cc1Cl. The van der Waals surface area contributed by atoms with Gasteiger partial charge in [-0.2, -0.15) is 0 Å². The molecule has 98 valence electrons. The summed E-state index contributed by atoms with van der Waals surface area (Å²) in [7, 11) is 0. The number of hydrogen-bond donors (Lipinski definition) is 1. The van der Waals surface area contributed by atoms with E-state index in [-0.39, 0.29) is 10.7 Å². The Hall–Kier alpha value is -1.94. The topological polar surface area (TPSA) is 44.5 Å². The van der Waals surface area contributed by atoms with Gasteiger partial charge in [-0.25, -0.2) is 4.39 Å². The van der Waals surface area contributed by atoms with Crippen molar-refractivity contribution < 1.29 is 13.9 Å². The van der Waals surface area contributed by atoms with Gasteiger partial charge in [0.05, 0.1) is 10.7 Å². The minimum Gasteiger partial charge on any atom is -0.486 e. The number of halogens is 2. The molecule has 3 nitrogen and oxygen atoms in total. The van der Waals surface area contributed by atoms with E-state index in [1.807, 2.05) is 6.07 Å².